The van der Waals surface area contributed by atoms with Gasteiger partial charge in [0.2, 0.25) is 0 Å². The Morgan fingerprint density at radius 1 is 1.12 bits per heavy atom. The van der Waals surface area contributed by atoms with Crippen molar-refractivity contribution >= 4 is 19.7 Å². The number of allylic oxidation sites excluding steroid dienone is 1. The van der Waals surface area contributed by atoms with Gasteiger partial charge in [-0.05, 0) is 53.7 Å². The monoisotopic (exact) mass is 236 g/mol. The van der Waals surface area contributed by atoms with Gasteiger partial charge < -0.3 is 9.31 Å². The van der Waals surface area contributed by atoms with Crippen LogP contribution >= 0.6 is 0 Å². The summed E-state index contributed by atoms with van der Waals surface area (Å²) in [6.45, 7) is 15.2. The standard InChI is InChI=1S/C12H21BN2O2/c1-9(8-15-10(2)14-7)13-16-11(3,4)12(5,6)17-13/h8H,7H2,1-6H3/b9-8+,15-10-. The molecule has 1 aliphatic rings. The van der Waals surface area contributed by atoms with Crippen molar-refractivity contribution in [2.45, 2.75) is 52.7 Å². The third kappa shape index (κ3) is 3.04. The Hall–Kier alpha value is -0.935. The van der Waals surface area contributed by atoms with Crippen molar-refractivity contribution in [3.63, 3.8) is 0 Å². The molecule has 94 valence electrons. The van der Waals surface area contributed by atoms with Crippen molar-refractivity contribution in [1.29, 1.82) is 0 Å². The van der Waals surface area contributed by atoms with Gasteiger partial charge in [0.25, 0.3) is 0 Å². The minimum Gasteiger partial charge on any atom is -0.400 e. The second kappa shape index (κ2) is 4.74. The van der Waals surface area contributed by atoms with Gasteiger partial charge in [-0.3, -0.25) is 0 Å². The third-order valence-corrected chi connectivity index (χ3v) is 3.31. The highest BCUT2D eigenvalue weighted by molar-refractivity contribution is 6.54. The lowest BCUT2D eigenvalue weighted by atomic mass is 9.80. The van der Waals surface area contributed by atoms with E-state index in [9.17, 15) is 0 Å². The predicted molar refractivity (Wildman–Crippen MR) is 72.5 cm³/mol. The van der Waals surface area contributed by atoms with Crippen LogP contribution in [-0.4, -0.2) is 30.9 Å². The van der Waals surface area contributed by atoms with Crippen LogP contribution in [0.5, 0.6) is 0 Å². The Kier molecular flexibility index (Phi) is 3.94. The summed E-state index contributed by atoms with van der Waals surface area (Å²) in [7, 11) is -0.346. The van der Waals surface area contributed by atoms with E-state index >= 15 is 0 Å². The first-order valence-corrected chi connectivity index (χ1v) is 5.73. The molecule has 1 aliphatic heterocycles. The van der Waals surface area contributed by atoms with Gasteiger partial charge in [-0.2, -0.15) is 0 Å². The fourth-order valence-electron chi connectivity index (χ4n) is 1.33. The number of nitrogens with zero attached hydrogens (tertiary/aromatic N) is 2. The van der Waals surface area contributed by atoms with E-state index in [-0.39, 0.29) is 18.3 Å². The molecule has 1 rings (SSSR count). The van der Waals surface area contributed by atoms with E-state index in [4.69, 9.17) is 9.31 Å². The summed E-state index contributed by atoms with van der Waals surface area (Å²) in [6.07, 6.45) is 1.71. The van der Waals surface area contributed by atoms with Crippen LogP contribution in [0.2, 0.25) is 0 Å². The zero-order valence-corrected chi connectivity index (χ0v) is 11.6. The van der Waals surface area contributed by atoms with E-state index in [1.807, 2.05) is 34.6 Å². The van der Waals surface area contributed by atoms with Gasteiger partial charge in [-0.15, -0.1) is 0 Å². The van der Waals surface area contributed by atoms with Crippen LogP contribution in [0.25, 0.3) is 0 Å². The highest BCUT2D eigenvalue weighted by Gasteiger charge is 2.51. The quantitative estimate of drug-likeness (QED) is 0.420. The van der Waals surface area contributed by atoms with Crippen LogP contribution in [0.3, 0.4) is 0 Å². The fourth-order valence-corrected chi connectivity index (χ4v) is 1.33. The minimum absolute atomic E-state index is 0.317. The molecule has 0 aliphatic carbocycles. The maximum absolute atomic E-state index is 5.89. The number of amidine groups is 1. The molecule has 4 nitrogen and oxygen atoms in total. The summed E-state index contributed by atoms with van der Waals surface area (Å²) in [5, 5.41) is 0. The molecule has 0 atom stereocenters. The molecule has 1 heterocycles. The summed E-state index contributed by atoms with van der Waals surface area (Å²) >= 11 is 0. The normalized spacial score (nSPS) is 24.0. The van der Waals surface area contributed by atoms with Gasteiger partial charge in [0, 0.05) is 6.20 Å². The molecule has 0 bridgehead atoms. The molecule has 17 heavy (non-hydrogen) atoms. The maximum atomic E-state index is 5.89. The lowest BCUT2D eigenvalue weighted by Gasteiger charge is -2.32. The first-order chi connectivity index (χ1) is 7.69. The van der Waals surface area contributed by atoms with Crippen molar-refractivity contribution in [1.82, 2.24) is 0 Å². The van der Waals surface area contributed by atoms with E-state index in [0.29, 0.717) is 5.84 Å². The molecule has 0 unspecified atom stereocenters. The molecule has 0 N–H and O–H groups in total. The number of hydrogen-bond donors (Lipinski definition) is 0. The van der Waals surface area contributed by atoms with Gasteiger partial charge in [-0.25, -0.2) is 9.98 Å². The molecule has 0 aromatic heterocycles. The van der Waals surface area contributed by atoms with Crippen LogP contribution < -0.4 is 0 Å². The summed E-state index contributed by atoms with van der Waals surface area (Å²) in [4.78, 5) is 7.87. The van der Waals surface area contributed by atoms with Gasteiger partial charge in [-0.1, -0.05) is 0 Å². The Bertz CT molecular complexity index is 357. The molecule has 0 radical (unpaired) electrons. The topological polar surface area (TPSA) is 43.2 Å². The Morgan fingerprint density at radius 2 is 1.59 bits per heavy atom. The Balaban J connectivity index is 2.81. The van der Waals surface area contributed by atoms with Crippen LogP contribution in [0.1, 0.15) is 41.5 Å². The lowest BCUT2D eigenvalue weighted by Crippen LogP contribution is -2.41. The second-order valence-corrected chi connectivity index (χ2v) is 5.30. The van der Waals surface area contributed by atoms with E-state index < -0.39 is 0 Å². The average molecular weight is 236 g/mol. The molecule has 0 aromatic carbocycles. The molecule has 0 spiro atoms. The summed E-state index contributed by atoms with van der Waals surface area (Å²) in [6, 6.07) is 0. The van der Waals surface area contributed by atoms with Gasteiger partial charge in [0.15, 0.2) is 0 Å². The minimum atomic E-state index is -0.346. The molecule has 1 saturated heterocycles. The first-order valence-electron chi connectivity index (χ1n) is 5.73. The van der Waals surface area contributed by atoms with Gasteiger partial charge in [0.05, 0.1) is 11.2 Å². The highest BCUT2D eigenvalue weighted by atomic mass is 16.7. The molecule has 0 aromatic rings. The van der Waals surface area contributed by atoms with Crippen molar-refractivity contribution in [3.8, 4) is 0 Å². The zero-order chi connectivity index (χ0) is 13.3. The Morgan fingerprint density at radius 3 is 2.00 bits per heavy atom. The van der Waals surface area contributed by atoms with Crippen molar-refractivity contribution in [2.75, 3.05) is 0 Å². The summed E-state index contributed by atoms with van der Waals surface area (Å²) in [5.74, 6) is 0.626. The summed E-state index contributed by atoms with van der Waals surface area (Å²) < 4.78 is 11.8. The van der Waals surface area contributed by atoms with E-state index in [1.54, 1.807) is 13.1 Å². The number of rotatable bonds is 2. The van der Waals surface area contributed by atoms with Crippen molar-refractivity contribution < 1.29 is 9.31 Å². The molecular formula is C12H21BN2O2. The first kappa shape index (κ1) is 14.1. The average Bonchev–Trinajstić information content (AvgIpc) is 2.44. The molecule has 5 heteroatoms. The second-order valence-electron chi connectivity index (χ2n) is 5.30. The van der Waals surface area contributed by atoms with E-state index in [0.717, 1.165) is 5.47 Å². The molecular weight excluding hydrogens is 215 g/mol. The van der Waals surface area contributed by atoms with Gasteiger partial charge in [0.1, 0.15) is 5.84 Å². The number of aliphatic imine (C=N–C) groups is 2. The number of hydrogen-bond acceptors (Lipinski definition) is 3. The lowest BCUT2D eigenvalue weighted by molar-refractivity contribution is 0.00578. The Labute approximate surface area is 104 Å². The van der Waals surface area contributed by atoms with Crippen molar-refractivity contribution in [3.05, 3.63) is 11.7 Å². The van der Waals surface area contributed by atoms with Crippen LogP contribution in [0.4, 0.5) is 0 Å². The van der Waals surface area contributed by atoms with Crippen molar-refractivity contribution in [2.24, 2.45) is 9.98 Å². The highest BCUT2D eigenvalue weighted by Crippen LogP contribution is 2.38. The molecule has 1 fully saturated rings. The van der Waals surface area contributed by atoms with E-state index in [1.165, 1.54) is 0 Å². The van der Waals surface area contributed by atoms with Crippen LogP contribution in [0.15, 0.2) is 21.7 Å². The van der Waals surface area contributed by atoms with Crippen LogP contribution in [-0.2, 0) is 9.31 Å². The third-order valence-electron chi connectivity index (χ3n) is 3.31. The largest absolute Gasteiger partial charge is 0.491 e. The molecule has 0 saturated carbocycles. The SMILES string of the molecule is C=N/C(C)=N\C=C(/C)B1OC(C)(C)C(C)(C)O1. The predicted octanol–water partition coefficient (Wildman–Crippen LogP) is 2.64. The smallest absolute Gasteiger partial charge is 0.400 e. The summed E-state index contributed by atoms with van der Waals surface area (Å²) in [5.41, 5.74) is 0.288. The maximum Gasteiger partial charge on any atom is 0.491 e. The van der Waals surface area contributed by atoms with Crippen LogP contribution in [0, 0.1) is 0 Å². The molecule has 0 amide bonds. The zero-order valence-electron chi connectivity index (χ0n) is 11.6. The fraction of sp³-hybridized carbons (Fsp3) is 0.667. The van der Waals surface area contributed by atoms with E-state index in [2.05, 4.69) is 16.7 Å². The van der Waals surface area contributed by atoms with Gasteiger partial charge >= 0.3 is 7.12 Å².